The Balaban J connectivity index is 1.64. The maximum absolute atomic E-state index is 13.2. The summed E-state index contributed by atoms with van der Waals surface area (Å²) in [7, 11) is -4.31. The van der Waals surface area contributed by atoms with Crippen LogP contribution in [0, 0.1) is 11.8 Å². The van der Waals surface area contributed by atoms with Gasteiger partial charge in [-0.2, -0.15) is 0 Å². The second-order valence-corrected chi connectivity index (χ2v) is 11.6. The van der Waals surface area contributed by atoms with Gasteiger partial charge in [-0.25, -0.2) is 18.1 Å². The van der Waals surface area contributed by atoms with Crippen LogP contribution < -0.4 is 14.4 Å². The summed E-state index contributed by atoms with van der Waals surface area (Å²) < 4.78 is 33.5. The third-order valence-corrected chi connectivity index (χ3v) is 7.81. The van der Waals surface area contributed by atoms with Crippen molar-refractivity contribution in [3.8, 4) is 17.0 Å². The summed E-state index contributed by atoms with van der Waals surface area (Å²) in [6.07, 6.45) is 6.16. The molecule has 1 aromatic carbocycles. The lowest BCUT2D eigenvalue weighted by molar-refractivity contribution is -0.114. The van der Waals surface area contributed by atoms with Gasteiger partial charge in [0.1, 0.15) is 16.5 Å². The highest BCUT2D eigenvalue weighted by molar-refractivity contribution is 7.95. The predicted molar refractivity (Wildman–Crippen MR) is 144 cm³/mol. The lowest BCUT2D eigenvalue weighted by Crippen LogP contribution is -2.38. The zero-order chi connectivity index (χ0) is 26.6. The van der Waals surface area contributed by atoms with E-state index in [1.807, 2.05) is 29.2 Å². The fourth-order valence-electron chi connectivity index (χ4n) is 4.23. The number of aromatic nitrogens is 1. The lowest BCUT2D eigenvalue weighted by Gasteiger charge is -2.32. The molecule has 1 fully saturated rings. The average molecular weight is 524 g/mol. The molecule has 0 bridgehead atoms. The number of hydrogen-bond donors (Lipinski definition) is 1. The lowest BCUT2D eigenvalue weighted by atomic mass is 9.98. The van der Waals surface area contributed by atoms with Crippen LogP contribution in [0.3, 0.4) is 0 Å². The summed E-state index contributed by atoms with van der Waals surface area (Å²) in [5.41, 5.74) is 1.67. The molecule has 9 heteroatoms. The standard InChI is InChI=1S/C28H33N3O5S/c1-19(2)18-36-22-10-8-21(9-11-22)24-13-12-23(27(29-24)31-16-14-20(3)15-17-31)28(33)30-37(34,35)26-7-5-4-6-25(26)32/h4-5,7-13,19-20H,6,14-18H2,1-3H3,(H,30,33). The van der Waals surface area contributed by atoms with Crippen molar-refractivity contribution in [3.05, 3.63) is 65.1 Å². The molecule has 2 aliphatic rings. The molecular formula is C28H33N3O5S. The van der Waals surface area contributed by atoms with Crippen LogP contribution in [0.1, 0.15) is 50.4 Å². The second-order valence-electron chi connectivity index (χ2n) is 9.99. The number of piperidine rings is 1. The monoisotopic (exact) mass is 523 g/mol. The van der Waals surface area contributed by atoms with Gasteiger partial charge in [0, 0.05) is 25.1 Å². The third kappa shape index (κ3) is 6.46. The topological polar surface area (TPSA) is 106 Å². The van der Waals surface area contributed by atoms with Crippen molar-refractivity contribution < 1.29 is 22.7 Å². The Morgan fingerprint density at radius 3 is 2.49 bits per heavy atom. The van der Waals surface area contributed by atoms with Crippen molar-refractivity contribution in [1.82, 2.24) is 9.71 Å². The van der Waals surface area contributed by atoms with E-state index in [4.69, 9.17) is 9.72 Å². The first kappa shape index (κ1) is 26.6. The van der Waals surface area contributed by atoms with Crippen LogP contribution in [0.5, 0.6) is 5.75 Å². The Kier molecular flexibility index (Phi) is 8.12. The normalized spacial score (nSPS) is 16.6. The zero-order valence-corrected chi connectivity index (χ0v) is 22.3. The molecule has 2 heterocycles. The number of carbonyl (C=O) groups excluding carboxylic acids is 2. The fraction of sp³-hybridized carbons (Fsp3) is 0.393. The summed E-state index contributed by atoms with van der Waals surface area (Å²) in [5, 5.41) is 0. The molecule has 1 aliphatic heterocycles. The largest absolute Gasteiger partial charge is 0.493 e. The smallest absolute Gasteiger partial charge is 0.268 e. The first-order valence-corrected chi connectivity index (χ1v) is 14.1. The molecule has 1 N–H and O–H groups in total. The SMILES string of the molecule is CC(C)COc1ccc(-c2ccc(C(=O)NS(=O)(=O)C3=CC=CCC3=O)c(N3CCC(C)CC3)n2)cc1. The van der Waals surface area contributed by atoms with Gasteiger partial charge in [-0.1, -0.05) is 32.9 Å². The number of pyridine rings is 1. The van der Waals surface area contributed by atoms with Crippen molar-refractivity contribution in [2.45, 2.75) is 40.0 Å². The highest BCUT2D eigenvalue weighted by atomic mass is 32.2. The molecule has 0 spiro atoms. The summed E-state index contributed by atoms with van der Waals surface area (Å²) in [4.78, 5) is 31.8. The van der Waals surface area contributed by atoms with Gasteiger partial charge in [-0.05, 0) is 67.2 Å². The van der Waals surface area contributed by atoms with Crippen LogP contribution in [0.2, 0.25) is 0 Å². The number of amides is 1. The molecule has 1 aromatic heterocycles. The summed E-state index contributed by atoms with van der Waals surface area (Å²) in [6.45, 7) is 8.41. The van der Waals surface area contributed by atoms with Crippen molar-refractivity contribution in [2.24, 2.45) is 11.8 Å². The predicted octanol–water partition coefficient (Wildman–Crippen LogP) is 4.49. The number of carbonyl (C=O) groups is 2. The number of allylic oxidation sites excluding steroid dienone is 4. The van der Waals surface area contributed by atoms with E-state index in [-0.39, 0.29) is 12.0 Å². The number of nitrogens with one attached hydrogen (secondary N) is 1. The molecule has 8 nitrogen and oxygen atoms in total. The van der Waals surface area contributed by atoms with E-state index in [2.05, 4.69) is 25.5 Å². The summed E-state index contributed by atoms with van der Waals surface area (Å²) >= 11 is 0. The van der Waals surface area contributed by atoms with Crippen molar-refractivity contribution in [3.63, 3.8) is 0 Å². The van der Waals surface area contributed by atoms with Crippen LogP contribution in [-0.2, 0) is 14.8 Å². The van der Waals surface area contributed by atoms with Gasteiger partial charge in [-0.15, -0.1) is 0 Å². The van der Waals surface area contributed by atoms with E-state index in [1.165, 1.54) is 12.2 Å². The van der Waals surface area contributed by atoms with Crippen molar-refractivity contribution >= 4 is 27.5 Å². The highest BCUT2D eigenvalue weighted by Crippen LogP contribution is 2.29. The molecule has 1 aliphatic carbocycles. The van der Waals surface area contributed by atoms with Crippen molar-refractivity contribution in [1.29, 1.82) is 0 Å². The number of Topliss-reactive ketones (excluding diaryl/α,β-unsaturated/α-hetero) is 1. The molecule has 1 amide bonds. The third-order valence-electron chi connectivity index (χ3n) is 6.41. The number of hydrogen-bond acceptors (Lipinski definition) is 7. The Morgan fingerprint density at radius 2 is 1.84 bits per heavy atom. The first-order valence-electron chi connectivity index (χ1n) is 12.6. The molecule has 4 rings (SSSR count). The number of sulfonamides is 1. The number of ketones is 1. The molecule has 0 atom stereocenters. The molecule has 0 unspecified atom stereocenters. The van der Waals surface area contributed by atoms with Gasteiger partial charge in [0.15, 0.2) is 5.78 Å². The van der Waals surface area contributed by atoms with Gasteiger partial charge in [-0.3, -0.25) is 9.59 Å². The quantitative estimate of drug-likeness (QED) is 0.543. The number of nitrogens with zero attached hydrogens (tertiary/aromatic N) is 2. The Bertz CT molecular complexity index is 1320. The minimum Gasteiger partial charge on any atom is -0.493 e. The van der Waals surface area contributed by atoms with Gasteiger partial charge in [0.25, 0.3) is 15.9 Å². The molecule has 0 saturated carbocycles. The maximum atomic E-state index is 13.2. The highest BCUT2D eigenvalue weighted by Gasteiger charge is 2.30. The van der Waals surface area contributed by atoms with Gasteiger partial charge in [0.2, 0.25) is 0 Å². The van der Waals surface area contributed by atoms with E-state index in [9.17, 15) is 18.0 Å². The number of anilines is 1. The molecular weight excluding hydrogens is 490 g/mol. The molecule has 196 valence electrons. The maximum Gasteiger partial charge on any atom is 0.268 e. The summed E-state index contributed by atoms with van der Waals surface area (Å²) in [6, 6.07) is 10.9. The number of benzene rings is 1. The van der Waals surface area contributed by atoms with E-state index < -0.39 is 26.6 Å². The van der Waals surface area contributed by atoms with Crippen LogP contribution in [0.4, 0.5) is 5.82 Å². The Morgan fingerprint density at radius 1 is 1.14 bits per heavy atom. The van der Waals surface area contributed by atoms with E-state index >= 15 is 0 Å². The molecule has 0 radical (unpaired) electrons. The van der Waals surface area contributed by atoms with Crippen LogP contribution in [0.25, 0.3) is 11.3 Å². The van der Waals surface area contributed by atoms with Gasteiger partial charge >= 0.3 is 0 Å². The van der Waals surface area contributed by atoms with Gasteiger partial charge in [0.05, 0.1) is 17.9 Å². The van der Waals surface area contributed by atoms with E-state index in [0.29, 0.717) is 43.0 Å². The minimum absolute atomic E-state index is 0.0182. The molecule has 2 aromatic rings. The van der Waals surface area contributed by atoms with Crippen LogP contribution in [0.15, 0.2) is 59.5 Å². The molecule has 1 saturated heterocycles. The molecule has 37 heavy (non-hydrogen) atoms. The fourth-order valence-corrected chi connectivity index (χ4v) is 5.33. The second kappa shape index (κ2) is 11.3. The Labute approximate surface area is 218 Å². The van der Waals surface area contributed by atoms with Gasteiger partial charge < -0.3 is 9.64 Å². The van der Waals surface area contributed by atoms with Crippen LogP contribution >= 0.6 is 0 Å². The number of rotatable bonds is 8. The first-order chi connectivity index (χ1) is 17.6. The average Bonchev–Trinajstić information content (AvgIpc) is 2.88. The number of ether oxygens (including phenoxy) is 1. The van der Waals surface area contributed by atoms with Crippen LogP contribution in [-0.4, -0.2) is 44.8 Å². The Hall–Kier alpha value is -3.46. The summed E-state index contributed by atoms with van der Waals surface area (Å²) in [5.74, 6) is 0.817. The van der Waals surface area contributed by atoms with E-state index in [1.54, 1.807) is 18.2 Å². The minimum atomic E-state index is -4.31. The zero-order valence-electron chi connectivity index (χ0n) is 21.4. The van der Waals surface area contributed by atoms with Crippen molar-refractivity contribution in [2.75, 3.05) is 24.6 Å². The van der Waals surface area contributed by atoms with E-state index in [0.717, 1.165) is 24.2 Å².